The summed E-state index contributed by atoms with van der Waals surface area (Å²) < 4.78 is 5.88. The van der Waals surface area contributed by atoms with E-state index in [0.29, 0.717) is 15.6 Å². The Balaban J connectivity index is 2.01. The van der Waals surface area contributed by atoms with Crippen LogP contribution in [-0.2, 0) is 11.3 Å². The molecule has 18 heavy (non-hydrogen) atoms. The number of halogens is 1. The molecule has 1 heterocycles. The molecule has 0 spiro atoms. The van der Waals surface area contributed by atoms with Crippen molar-refractivity contribution >= 4 is 34.6 Å². The molecule has 2 N–H and O–H groups in total. The van der Waals surface area contributed by atoms with Gasteiger partial charge in [0, 0.05) is 10.6 Å². The SMILES string of the molecule is Cc1cc(C(=O)OCc2ccc(Cl)s2)ccc1N. The molecule has 0 aliphatic rings. The summed E-state index contributed by atoms with van der Waals surface area (Å²) in [6.07, 6.45) is 0. The van der Waals surface area contributed by atoms with Crippen molar-refractivity contribution in [1.82, 2.24) is 0 Å². The number of hydrogen-bond donors (Lipinski definition) is 1. The molecule has 2 rings (SSSR count). The molecule has 0 aliphatic heterocycles. The van der Waals surface area contributed by atoms with Crippen molar-refractivity contribution in [1.29, 1.82) is 0 Å². The molecule has 0 atom stereocenters. The molecule has 0 bridgehead atoms. The van der Waals surface area contributed by atoms with Crippen LogP contribution in [0.5, 0.6) is 0 Å². The van der Waals surface area contributed by atoms with Crippen LogP contribution >= 0.6 is 22.9 Å². The van der Waals surface area contributed by atoms with E-state index in [0.717, 1.165) is 10.4 Å². The first-order valence-corrected chi connectivity index (χ1v) is 6.53. The van der Waals surface area contributed by atoms with Gasteiger partial charge in [-0.25, -0.2) is 4.79 Å². The minimum atomic E-state index is -0.359. The molecule has 2 aromatic rings. The van der Waals surface area contributed by atoms with Gasteiger partial charge < -0.3 is 10.5 Å². The molecule has 0 saturated carbocycles. The number of hydrogen-bond acceptors (Lipinski definition) is 4. The summed E-state index contributed by atoms with van der Waals surface area (Å²) in [5.41, 5.74) is 7.72. The second-order valence-electron chi connectivity index (χ2n) is 3.85. The molecule has 1 aromatic heterocycles. The lowest BCUT2D eigenvalue weighted by molar-refractivity contribution is 0.0477. The van der Waals surface area contributed by atoms with Crippen molar-refractivity contribution in [2.24, 2.45) is 0 Å². The van der Waals surface area contributed by atoms with Crippen LogP contribution in [0.25, 0.3) is 0 Å². The first-order valence-electron chi connectivity index (χ1n) is 5.34. The zero-order valence-corrected chi connectivity index (χ0v) is 11.3. The fourth-order valence-electron chi connectivity index (χ4n) is 1.45. The Hall–Kier alpha value is -1.52. The van der Waals surface area contributed by atoms with Gasteiger partial charge in [-0.3, -0.25) is 0 Å². The Kier molecular flexibility index (Phi) is 3.89. The van der Waals surface area contributed by atoms with E-state index < -0.39 is 0 Å². The number of benzene rings is 1. The van der Waals surface area contributed by atoms with E-state index in [4.69, 9.17) is 22.1 Å². The first-order chi connectivity index (χ1) is 8.56. The highest BCUT2D eigenvalue weighted by atomic mass is 35.5. The number of thiophene rings is 1. The lowest BCUT2D eigenvalue weighted by atomic mass is 10.1. The van der Waals surface area contributed by atoms with E-state index >= 15 is 0 Å². The fraction of sp³-hybridized carbons (Fsp3) is 0.154. The Bertz CT molecular complexity index is 580. The maximum absolute atomic E-state index is 11.8. The summed E-state index contributed by atoms with van der Waals surface area (Å²) in [4.78, 5) is 12.7. The maximum Gasteiger partial charge on any atom is 0.338 e. The van der Waals surface area contributed by atoms with Gasteiger partial charge in [0.05, 0.1) is 9.90 Å². The zero-order chi connectivity index (χ0) is 13.1. The van der Waals surface area contributed by atoms with Gasteiger partial charge in [0.25, 0.3) is 0 Å². The van der Waals surface area contributed by atoms with E-state index in [1.807, 2.05) is 13.0 Å². The number of carbonyl (C=O) groups is 1. The van der Waals surface area contributed by atoms with Crippen molar-refractivity contribution in [3.05, 3.63) is 50.7 Å². The van der Waals surface area contributed by atoms with Crippen LogP contribution in [0.4, 0.5) is 5.69 Å². The van der Waals surface area contributed by atoms with E-state index in [1.165, 1.54) is 11.3 Å². The fourth-order valence-corrected chi connectivity index (χ4v) is 2.45. The lowest BCUT2D eigenvalue weighted by Crippen LogP contribution is -2.05. The lowest BCUT2D eigenvalue weighted by Gasteiger charge is -2.05. The number of anilines is 1. The van der Waals surface area contributed by atoms with Crippen LogP contribution in [0.2, 0.25) is 4.34 Å². The van der Waals surface area contributed by atoms with Gasteiger partial charge in [-0.05, 0) is 42.8 Å². The van der Waals surface area contributed by atoms with Crippen LogP contribution in [-0.4, -0.2) is 5.97 Å². The molecule has 5 heteroatoms. The molecule has 0 fully saturated rings. The molecular formula is C13H12ClNO2S. The molecule has 0 saturated heterocycles. The number of aryl methyl sites for hydroxylation is 1. The maximum atomic E-state index is 11.8. The number of esters is 1. The summed E-state index contributed by atoms with van der Waals surface area (Å²) in [5.74, 6) is -0.359. The van der Waals surface area contributed by atoms with Crippen LogP contribution < -0.4 is 5.73 Å². The van der Waals surface area contributed by atoms with Crippen molar-refractivity contribution in [2.45, 2.75) is 13.5 Å². The third kappa shape index (κ3) is 3.03. The second kappa shape index (κ2) is 5.42. The van der Waals surface area contributed by atoms with Gasteiger partial charge >= 0.3 is 5.97 Å². The van der Waals surface area contributed by atoms with Crippen molar-refractivity contribution in [3.8, 4) is 0 Å². The highest BCUT2D eigenvalue weighted by Gasteiger charge is 2.09. The predicted molar refractivity (Wildman–Crippen MR) is 74.0 cm³/mol. The molecular weight excluding hydrogens is 270 g/mol. The minimum Gasteiger partial charge on any atom is -0.456 e. The van der Waals surface area contributed by atoms with Gasteiger partial charge in [-0.15, -0.1) is 11.3 Å². The number of ether oxygens (including phenoxy) is 1. The summed E-state index contributed by atoms with van der Waals surface area (Å²) in [5, 5.41) is 0. The summed E-state index contributed by atoms with van der Waals surface area (Å²) in [6.45, 7) is 2.09. The largest absolute Gasteiger partial charge is 0.456 e. The van der Waals surface area contributed by atoms with Gasteiger partial charge in [0.1, 0.15) is 6.61 Å². The zero-order valence-electron chi connectivity index (χ0n) is 9.77. The molecule has 0 radical (unpaired) electrons. The summed E-state index contributed by atoms with van der Waals surface area (Å²) in [6, 6.07) is 8.70. The number of nitrogens with two attached hydrogens (primary N) is 1. The Morgan fingerprint density at radius 1 is 1.39 bits per heavy atom. The van der Waals surface area contributed by atoms with Gasteiger partial charge in [-0.1, -0.05) is 11.6 Å². The predicted octanol–water partition coefficient (Wildman–Crippen LogP) is 3.65. The third-order valence-electron chi connectivity index (χ3n) is 2.48. The molecule has 0 aliphatic carbocycles. The first kappa shape index (κ1) is 12.9. The number of rotatable bonds is 3. The van der Waals surface area contributed by atoms with Gasteiger partial charge in [0.15, 0.2) is 0 Å². The monoisotopic (exact) mass is 281 g/mol. The van der Waals surface area contributed by atoms with Gasteiger partial charge in [-0.2, -0.15) is 0 Å². The van der Waals surface area contributed by atoms with Crippen molar-refractivity contribution in [3.63, 3.8) is 0 Å². The van der Waals surface area contributed by atoms with E-state index in [-0.39, 0.29) is 12.6 Å². The highest BCUT2D eigenvalue weighted by Crippen LogP contribution is 2.22. The van der Waals surface area contributed by atoms with E-state index in [2.05, 4.69) is 0 Å². The minimum absolute atomic E-state index is 0.236. The normalized spacial score (nSPS) is 10.3. The molecule has 94 valence electrons. The Morgan fingerprint density at radius 3 is 2.78 bits per heavy atom. The van der Waals surface area contributed by atoms with Crippen LogP contribution in [0.3, 0.4) is 0 Å². The number of carbonyl (C=O) groups excluding carboxylic acids is 1. The highest BCUT2D eigenvalue weighted by molar-refractivity contribution is 7.16. The average molecular weight is 282 g/mol. The second-order valence-corrected chi connectivity index (χ2v) is 5.65. The smallest absolute Gasteiger partial charge is 0.338 e. The van der Waals surface area contributed by atoms with E-state index in [1.54, 1.807) is 24.3 Å². The van der Waals surface area contributed by atoms with Crippen LogP contribution in [0.1, 0.15) is 20.8 Å². The van der Waals surface area contributed by atoms with E-state index in [9.17, 15) is 4.79 Å². The Morgan fingerprint density at radius 2 is 2.17 bits per heavy atom. The van der Waals surface area contributed by atoms with Crippen LogP contribution in [0, 0.1) is 6.92 Å². The standard InChI is InChI=1S/C13H12ClNO2S/c1-8-6-9(2-4-11(8)15)13(16)17-7-10-3-5-12(14)18-10/h2-6H,7,15H2,1H3. The Labute approximate surface area is 114 Å². The van der Waals surface area contributed by atoms with Crippen molar-refractivity contribution in [2.75, 3.05) is 5.73 Å². The van der Waals surface area contributed by atoms with Crippen LogP contribution in [0.15, 0.2) is 30.3 Å². The third-order valence-corrected chi connectivity index (χ3v) is 3.68. The molecule has 0 unspecified atom stereocenters. The quantitative estimate of drug-likeness (QED) is 0.690. The summed E-state index contributed by atoms with van der Waals surface area (Å²) in [7, 11) is 0. The number of nitrogen functional groups attached to an aromatic ring is 1. The molecule has 3 nitrogen and oxygen atoms in total. The average Bonchev–Trinajstić information content (AvgIpc) is 2.75. The molecule has 0 amide bonds. The summed E-state index contributed by atoms with van der Waals surface area (Å²) >= 11 is 7.19. The topological polar surface area (TPSA) is 52.3 Å². The molecule has 1 aromatic carbocycles. The van der Waals surface area contributed by atoms with Gasteiger partial charge in [0.2, 0.25) is 0 Å². The van der Waals surface area contributed by atoms with Crippen molar-refractivity contribution < 1.29 is 9.53 Å².